The topological polar surface area (TPSA) is 79.3 Å². The molecule has 1 aromatic carbocycles. The summed E-state index contributed by atoms with van der Waals surface area (Å²) in [6.45, 7) is 0. The molecule has 1 aromatic heterocycles. The van der Waals surface area contributed by atoms with Gasteiger partial charge in [-0.3, -0.25) is 9.78 Å². The SMILES string of the molecule is O=C(NC(Cc1ccccc1)C(=O)O)c1ccncc1Cl. The molecule has 2 N–H and O–H groups in total. The Balaban J connectivity index is 2.12. The Labute approximate surface area is 126 Å². The summed E-state index contributed by atoms with van der Waals surface area (Å²) in [6, 6.07) is 9.51. The van der Waals surface area contributed by atoms with Gasteiger partial charge in [0.05, 0.1) is 10.6 Å². The van der Waals surface area contributed by atoms with Gasteiger partial charge in [0.1, 0.15) is 6.04 Å². The van der Waals surface area contributed by atoms with E-state index in [1.165, 1.54) is 18.5 Å². The van der Waals surface area contributed by atoms with Crippen molar-refractivity contribution in [3.8, 4) is 0 Å². The summed E-state index contributed by atoms with van der Waals surface area (Å²) in [6.07, 6.45) is 2.96. The molecule has 0 spiro atoms. The Hall–Kier alpha value is -2.40. The van der Waals surface area contributed by atoms with Crippen molar-refractivity contribution in [3.63, 3.8) is 0 Å². The highest BCUT2D eigenvalue weighted by Gasteiger charge is 2.22. The van der Waals surface area contributed by atoms with Crippen LogP contribution >= 0.6 is 11.6 Å². The highest BCUT2D eigenvalue weighted by molar-refractivity contribution is 6.33. The van der Waals surface area contributed by atoms with Gasteiger partial charge >= 0.3 is 5.97 Å². The number of rotatable bonds is 5. The molecule has 0 aliphatic carbocycles. The summed E-state index contributed by atoms with van der Waals surface area (Å²) in [5.41, 5.74) is 1.03. The van der Waals surface area contributed by atoms with Crippen LogP contribution in [-0.2, 0) is 11.2 Å². The molecule has 0 aliphatic rings. The fourth-order valence-electron chi connectivity index (χ4n) is 1.85. The van der Waals surface area contributed by atoms with Crippen molar-refractivity contribution in [2.24, 2.45) is 0 Å². The minimum atomic E-state index is -1.10. The molecule has 0 bridgehead atoms. The molecule has 0 radical (unpaired) electrons. The van der Waals surface area contributed by atoms with Gasteiger partial charge in [-0.2, -0.15) is 0 Å². The predicted molar refractivity (Wildman–Crippen MR) is 78.3 cm³/mol. The number of amides is 1. The molecule has 0 saturated carbocycles. The molecular weight excluding hydrogens is 292 g/mol. The van der Waals surface area contributed by atoms with E-state index >= 15 is 0 Å². The predicted octanol–water partition coefficient (Wildman–Crippen LogP) is 2.16. The van der Waals surface area contributed by atoms with E-state index in [9.17, 15) is 14.7 Å². The molecule has 0 aliphatic heterocycles. The number of carboxylic acid groups (broad SMARTS) is 1. The highest BCUT2D eigenvalue weighted by atomic mass is 35.5. The number of nitrogens with one attached hydrogen (secondary N) is 1. The molecule has 0 saturated heterocycles. The number of pyridine rings is 1. The van der Waals surface area contributed by atoms with Crippen LogP contribution in [0.3, 0.4) is 0 Å². The normalized spacial score (nSPS) is 11.7. The van der Waals surface area contributed by atoms with Gasteiger partial charge in [-0.25, -0.2) is 4.79 Å². The lowest BCUT2D eigenvalue weighted by Crippen LogP contribution is -2.42. The zero-order valence-corrected chi connectivity index (χ0v) is 11.7. The summed E-state index contributed by atoms with van der Waals surface area (Å²) in [5, 5.41) is 11.9. The quantitative estimate of drug-likeness (QED) is 0.887. The smallest absolute Gasteiger partial charge is 0.326 e. The van der Waals surface area contributed by atoms with Crippen molar-refractivity contribution in [1.82, 2.24) is 10.3 Å². The molecule has 2 aromatic rings. The lowest BCUT2D eigenvalue weighted by atomic mass is 10.1. The largest absolute Gasteiger partial charge is 0.480 e. The third-order valence-electron chi connectivity index (χ3n) is 2.90. The van der Waals surface area contributed by atoms with Gasteiger partial charge in [0, 0.05) is 18.8 Å². The van der Waals surface area contributed by atoms with E-state index < -0.39 is 17.9 Å². The summed E-state index contributed by atoms with van der Waals surface area (Å²) in [4.78, 5) is 27.2. The average Bonchev–Trinajstić information content (AvgIpc) is 2.48. The van der Waals surface area contributed by atoms with E-state index in [0.29, 0.717) is 0 Å². The van der Waals surface area contributed by atoms with E-state index in [0.717, 1.165) is 5.56 Å². The van der Waals surface area contributed by atoms with Crippen LogP contribution in [0.15, 0.2) is 48.8 Å². The number of aliphatic carboxylic acids is 1. The number of carboxylic acids is 1. The first kappa shape index (κ1) is 15.0. The molecule has 5 nitrogen and oxygen atoms in total. The number of hydrogen-bond acceptors (Lipinski definition) is 3. The number of carbonyl (C=O) groups excluding carboxylic acids is 1. The monoisotopic (exact) mass is 304 g/mol. The Kier molecular flexibility index (Phi) is 4.90. The molecule has 21 heavy (non-hydrogen) atoms. The molecule has 1 heterocycles. The van der Waals surface area contributed by atoms with Crippen molar-refractivity contribution >= 4 is 23.5 Å². The second kappa shape index (κ2) is 6.85. The molecule has 1 atom stereocenters. The number of nitrogens with zero attached hydrogens (tertiary/aromatic N) is 1. The first-order valence-electron chi connectivity index (χ1n) is 6.25. The van der Waals surface area contributed by atoms with Crippen LogP contribution in [0.4, 0.5) is 0 Å². The lowest BCUT2D eigenvalue weighted by molar-refractivity contribution is -0.139. The summed E-state index contributed by atoms with van der Waals surface area (Å²) in [5.74, 6) is -1.64. The number of hydrogen-bond donors (Lipinski definition) is 2. The van der Waals surface area contributed by atoms with Gasteiger partial charge < -0.3 is 10.4 Å². The third kappa shape index (κ3) is 4.03. The van der Waals surface area contributed by atoms with Crippen molar-refractivity contribution in [2.45, 2.75) is 12.5 Å². The second-order valence-corrected chi connectivity index (χ2v) is 4.82. The van der Waals surface area contributed by atoms with Gasteiger partial charge in [-0.1, -0.05) is 41.9 Å². The van der Waals surface area contributed by atoms with Crippen LogP contribution in [-0.4, -0.2) is 28.0 Å². The van der Waals surface area contributed by atoms with Gasteiger partial charge in [-0.05, 0) is 11.6 Å². The summed E-state index contributed by atoms with van der Waals surface area (Å²) < 4.78 is 0. The summed E-state index contributed by atoms with van der Waals surface area (Å²) >= 11 is 5.87. The van der Waals surface area contributed by atoms with E-state index in [1.807, 2.05) is 30.3 Å². The second-order valence-electron chi connectivity index (χ2n) is 4.41. The van der Waals surface area contributed by atoms with Gasteiger partial charge in [-0.15, -0.1) is 0 Å². The third-order valence-corrected chi connectivity index (χ3v) is 3.20. The van der Waals surface area contributed by atoms with E-state index in [2.05, 4.69) is 10.3 Å². The maximum Gasteiger partial charge on any atom is 0.326 e. The molecule has 1 amide bonds. The zero-order valence-electron chi connectivity index (χ0n) is 11.0. The van der Waals surface area contributed by atoms with Crippen molar-refractivity contribution in [1.29, 1.82) is 0 Å². The van der Waals surface area contributed by atoms with Crippen LogP contribution in [0.1, 0.15) is 15.9 Å². The summed E-state index contributed by atoms with van der Waals surface area (Å²) in [7, 11) is 0. The fourth-order valence-corrected chi connectivity index (χ4v) is 2.05. The number of aromatic nitrogens is 1. The fraction of sp³-hybridized carbons (Fsp3) is 0.133. The van der Waals surface area contributed by atoms with Gasteiger partial charge in [0.2, 0.25) is 0 Å². The van der Waals surface area contributed by atoms with Gasteiger partial charge in [0.15, 0.2) is 0 Å². The zero-order chi connectivity index (χ0) is 15.2. The Morgan fingerprint density at radius 2 is 1.95 bits per heavy atom. The Morgan fingerprint density at radius 1 is 1.24 bits per heavy atom. The van der Waals surface area contributed by atoms with Crippen molar-refractivity contribution in [2.75, 3.05) is 0 Å². The average molecular weight is 305 g/mol. The van der Waals surface area contributed by atoms with E-state index in [-0.39, 0.29) is 17.0 Å². The Bertz CT molecular complexity index is 646. The van der Waals surface area contributed by atoms with E-state index in [4.69, 9.17) is 11.6 Å². The molecular formula is C15H13ClN2O3. The molecule has 6 heteroatoms. The minimum Gasteiger partial charge on any atom is -0.480 e. The number of benzene rings is 1. The number of carbonyl (C=O) groups is 2. The van der Waals surface area contributed by atoms with Crippen molar-refractivity contribution < 1.29 is 14.7 Å². The van der Waals surface area contributed by atoms with Crippen LogP contribution in [0.2, 0.25) is 5.02 Å². The van der Waals surface area contributed by atoms with Crippen LogP contribution < -0.4 is 5.32 Å². The molecule has 1 unspecified atom stereocenters. The van der Waals surface area contributed by atoms with Crippen LogP contribution in [0.5, 0.6) is 0 Å². The molecule has 2 rings (SSSR count). The molecule has 0 fully saturated rings. The first-order valence-corrected chi connectivity index (χ1v) is 6.63. The lowest BCUT2D eigenvalue weighted by Gasteiger charge is -2.15. The molecule has 108 valence electrons. The maximum absolute atomic E-state index is 12.1. The highest BCUT2D eigenvalue weighted by Crippen LogP contribution is 2.13. The van der Waals surface area contributed by atoms with Crippen LogP contribution in [0, 0.1) is 0 Å². The van der Waals surface area contributed by atoms with E-state index in [1.54, 1.807) is 0 Å². The first-order chi connectivity index (χ1) is 10.1. The standard InChI is InChI=1S/C15H13ClN2O3/c16-12-9-17-7-6-11(12)14(19)18-13(15(20)21)8-10-4-2-1-3-5-10/h1-7,9,13H,8H2,(H,18,19)(H,20,21). The van der Waals surface area contributed by atoms with Crippen molar-refractivity contribution in [3.05, 3.63) is 64.9 Å². The number of halogens is 1. The van der Waals surface area contributed by atoms with Crippen LogP contribution in [0.25, 0.3) is 0 Å². The maximum atomic E-state index is 12.1. The Morgan fingerprint density at radius 3 is 2.57 bits per heavy atom. The minimum absolute atomic E-state index is 0.179. The van der Waals surface area contributed by atoms with Gasteiger partial charge in [0.25, 0.3) is 5.91 Å².